The van der Waals surface area contributed by atoms with Crippen LogP contribution in [0.25, 0.3) is 0 Å². The molecule has 1 aromatic heterocycles. The van der Waals surface area contributed by atoms with Crippen LogP contribution in [0.3, 0.4) is 0 Å². The third-order valence-corrected chi connectivity index (χ3v) is 2.60. The Morgan fingerprint density at radius 3 is 2.20 bits per heavy atom. The van der Waals surface area contributed by atoms with Gasteiger partial charge in [0.1, 0.15) is 5.76 Å². The largest absolute Gasteiger partial charge is 0.453 e. The molecule has 0 radical (unpaired) electrons. The monoisotopic (exact) mass is 279 g/mol. The van der Waals surface area contributed by atoms with Gasteiger partial charge in [-0.3, -0.25) is 5.32 Å². The third kappa shape index (κ3) is 3.29. The van der Waals surface area contributed by atoms with Crippen molar-refractivity contribution in [2.75, 3.05) is 19.8 Å². The molecule has 0 saturated carbocycles. The molecule has 0 atom stereocenters. The van der Waals surface area contributed by atoms with Crippen molar-refractivity contribution in [2.45, 2.75) is 12.1 Å². The van der Waals surface area contributed by atoms with E-state index in [-0.39, 0.29) is 19.8 Å². The van der Waals surface area contributed by atoms with Crippen molar-refractivity contribution >= 4 is 15.9 Å². The SMILES string of the molecule is OCC(CO)(CO)NCc1ccc(Br)o1. The average molecular weight is 280 g/mol. The summed E-state index contributed by atoms with van der Waals surface area (Å²) in [7, 11) is 0. The summed E-state index contributed by atoms with van der Waals surface area (Å²) in [6, 6.07) is 3.50. The highest BCUT2D eigenvalue weighted by Crippen LogP contribution is 2.14. The molecule has 0 spiro atoms. The minimum atomic E-state index is -1.07. The molecular formula is C9H14BrNO4. The van der Waals surface area contributed by atoms with Crippen molar-refractivity contribution in [3.8, 4) is 0 Å². The van der Waals surface area contributed by atoms with Gasteiger partial charge in [-0.05, 0) is 28.1 Å². The van der Waals surface area contributed by atoms with Gasteiger partial charge in [0, 0.05) is 0 Å². The Morgan fingerprint density at radius 1 is 1.20 bits per heavy atom. The molecule has 15 heavy (non-hydrogen) atoms. The van der Waals surface area contributed by atoms with Crippen LogP contribution >= 0.6 is 15.9 Å². The first kappa shape index (κ1) is 12.7. The summed E-state index contributed by atoms with van der Waals surface area (Å²) in [5.41, 5.74) is -1.07. The van der Waals surface area contributed by atoms with Crippen LogP contribution in [0.4, 0.5) is 0 Å². The van der Waals surface area contributed by atoms with E-state index >= 15 is 0 Å². The van der Waals surface area contributed by atoms with E-state index < -0.39 is 5.54 Å². The molecule has 86 valence electrons. The summed E-state index contributed by atoms with van der Waals surface area (Å²) in [5, 5.41) is 30.0. The number of rotatable bonds is 6. The molecule has 0 aliphatic carbocycles. The van der Waals surface area contributed by atoms with Crippen LogP contribution in [-0.2, 0) is 6.54 Å². The lowest BCUT2D eigenvalue weighted by molar-refractivity contribution is 0.0401. The number of furan rings is 1. The number of aliphatic hydroxyl groups excluding tert-OH is 3. The van der Waals surface area contributed by atoms with E-state index in [1.54, 1.807) is 12.1 Å². The maximum atomic E-state index is 9.04. The fourth-order valence-corrected chi connectivity index (χ4v) is 1.38. The topological polar surface area (TPSA) is 85.9 Å². The molecule has 1 rings (SSSR count). The van der Waals surface area contributed by atoms with Gasteiger partial charge in [-0.25, -0.2) is 0 Å². The second-order valence-corrected chi connectivity index (χ2v) is 4.10. The summed E-state index contributed by atoms with van der Waals surface area (Å²) >= 11 is 3.16. The second kappa shape index (κ2) is 5.62. The van der Waals surface area contributed by atoms with Crippen LogP contribution in [0.15, 0.2) is 21.2 Å². The van der Waals surface area contributed by atoms with Gasteiger partial charge in [-0.1, -0.05) is 0 Å². The highest BCUT2D eigenvalue weighted by Gasteiger charge is 2.27. The lowest BCUT2D eigenvalue weighted by Gasteiger charge is -2.28. The number of nitrogens with one attached hydrogen (secondary N) is 1. The molecule has 6 heteroatoms. The fraction of sp³-hybridized carbons (Fsp3) is 0.556. The number of hydrogen-bond donors (Lipinski definition) is 4. The molecule has 1 aromatic rings. The molecule has 0 aliphatic rings. The Hall–Kier alpha value is -0.400. The molecular weight excluding hydrogens is 266 g/mol. The van der Waals surface area contributed by atoms with Gasteiger partial charge in [0.15, 0.2) is 4.67 Å². The standard InChI is InChI=1S/C9H14BrNO4/c10-8-2-1-7(15-8)3-11-9(4-12,5-13)6-14/h1-2,11-14H,3-6H2. The van der Waals surface area contributed by atoms with Crippen LogP contribution in [-0.4, -0.2) is 40.7 Å². The zero-order valence-electron chi connectivity index (χ0n) is 8.11. The van der Waals surface area contributed by atoms with Crippen LogP contribution in [0, 0.1) is 0 Å². The maximum Gasteiger partial charge on any atom is 0.169 e. The van der Waals surface area contributed by atoms with E-state index in [1.807, 2.05) is 0 Å². The average Bonchev–Trinajstić information content (AvgIpc) is 2.67. The fourth-order valence-electron chi connectivity index (χ4n) is 1.04. The van der Waals surface area contributed by atoms with Gasteiger partial charge in [0.05, 0.1) is 31.9 Å². The zero-order valence-corrected chi connectivity index (χ0v) is 9.70. The van der Waals surface area contributed by atoms with Gasteiger partial charge in [0.25, 0.3) is 0 Å². The smallest absolute Gasteiger partial charge is 0.169 e. The minimum absolute atomic E-state index is 0.327. The zero-order chi connectivity index (χ0) is 11.3. The normalized spacial score (nSPS) is 12.0. The Balaban J connectivity index is 2.54. The van der Waals surface area contributed by atoms with Crippen LogP contribution < -0.4 is 5.32 Å². The van der Waals surface area contributed by atoms with Gasteiger partial charge in [-0.15, -0.1) is 0 Å². The van der Waals surface area contributed by atoms with Crippen LogP contribution in [0.5, 0.6) is 0 Å². The summed E-state index contributed by atoms with van der Waals surface area (Å²) in [6.45, 7) is -0.709. The summed E-state index contributed by atoms with van der Waals surface area (Å²) in [6.07, 6.45) is 0. The lowest BCUT2D eigenvalue weighted by Crippen LogP contribution is -2.54. The number of aliphatic hydroxyl groups is 3. The van der Waals surface area contributed by atoms with Gasteiger partial charge >= 0.3 is 0 Å². The molecule has 1 heterocycles. The predicted molar refractivity (Wildman–Crippen MR) is 57.2 cm³/mol. The minimum Gasteiger partial charge on any atom is -0.453 e. The highest BCUT2D eigenvalue weighted by atomic mass is 79.9. The third-order valence-electron chi connectivity index (χ3n) is 2.17. The first-order valence-electron chi connectivity index (χ1n) is 4.47. The van der Waals surface area contributed by atoms with E-state index in [0.29, 0.717) is 17.0 Å². The first-order valence-corrected chi connectivity index (χ1v) is 5.27. The molecule has 0 bridgehead atoms. The summed E-state index contributed by atoms with van der Waals surface area (Å²) in [4.78, 5) is 0. The predicted octanol–water partition coefficient (Wildman–Crippen LogP) is -0.153. The summed E-state index contributed by atoms with van der Waals surface area (Å²) in [5.74, 6) is 0.654. The van der Waals surface area contributed by atoms with Crippen molar-refractivity contribution in [1.29, 1.82) is 0 Å². The summed E-state index contributed by atoms with van der Waals surface area (Å²) < 4.78 is 5.83. The van der Waals surface area contributed by atoms with E-state index in [1.165, 1.54) is 0 Å². The van der Waals surface area contributed by atoms with Crippen molar-refractivity contribution in [1.82, 2.24) is 5.32 Å². The Kier molecular flexibility index (Phi) is 4.75. The van der Waals surface area contributed by atoms with Gasteiger partial charge in [0.2, 0.25) is 0 Å². The Labute approximate surface area is 95.9 Å². The van der Waals surface area contributed by atoms with Crippen molar-refractivity contribution in [3.05, 3.63) is 22.6 Å². The molecule has 0 fully saturated rings. The van der Waals surface area contributed by atoms with E-state index in [9.17, 15) is 0 Å². The molecule has 0 amide bonds. The van der Waals surface area contributed by atoms with Crippen molar-refractivity contribution < 1.29 is 19.7 Å². The first-order chi connectivity index (χ1) is 7.15. The molecule has 0 saturated heterocycles. The number of hydrogen-bond acceptors (Lipinski definition) is 5. The Morgan fingerprint density at radius 2 is 1.80 bits per heavy atom. The van der Waals surface area contributed by atoms with Gasteiger partial charge in [-0.2, -0.15) is 0 Å². The molecule has 0 aromatic carbocycles. The van der Waals surface area contributed by atoms with Gasteiger partial charge < -0.3 is 19.7 Å². The van der Waals surface area contributed by atoms with E-state index in [4.69, 9.17) is 19.7 Å². The molecule has 5 nitrogen and oxygen atoms in total. The second-order valence-electron chi connectivity index (χ2n) is 3.31. The molecule has 0 aliphatic heterocycles. The molecule has 4 N–H and O–H groups in total. The quantitative estimate of drug-likeness (QED) is 0.582. The molecule has 0 unspecified atom stereocenters. The van der Waals surface area contributed by atoms with Crippen molar-refractivity contribution in [2.24, 2.45) is 0 Å². The highest BCUT2D eigenvalue weighted by molar-refractivity contribution is 9.10. The van der Waals surface area contributed by atoms with Crippen LogP contribution in [0.1, 0.15) is 5.76 Å². The van der Waals surface area contributed by atoms with E-state index in [0.717, 1.165) is 0 Å². The maximum absolute atomic E-state index is 9.04. The van der Waals surface area contributed by atoms with Crippen LogP contribution in [0.2, 0.25) is 0 Å². The van der Waals surface area contributed by atoms with E-state index in [2.05, 4.69) is 21.2 Å². The Bertz CT molecular complexity index is 290. The van der Waals surface area contributed by atoms with Crippen molar-refractivity contribution in [3.63, 3.8) is 0 Å². The lowest BCUT2D eigenvalue weighted by atomic mass is 10.0. The number of halogens is 1.